The molecular weight excluding hydrogens is 186 g/mol. The minimum absolute atomic E-state index is 0.452. The first-order valence-corrected chi connectivity index (χ1v) is 5.28. The van der Waals surface area contributed by atoms with Crippen LogP contribution in [0.15, 0.2) is 5.38 Å². The van der Waals surface area contributed by atoms with Crippen molar-refractivity contribution in [1.82, 2.24) is 4.98 Å². The third-order valence-corrected chi connectivity index (χ3v) is 2.90. The van der Waals surface area contributed by atoms with Gasteiger partial charge in [0.1, 0.15) is 0 Å². The fourth-order valence-corrected chi connectivity index (χ4v) is 1.91. The zero-order valence-electron chi connectivity index (χ0n) is 7.90. The summed E-state index contributed by atoms with van der Waals surface area (Å²) in [4.78, 5) is 4.21. The summed E-state index contributed by atoms with van der Waals surface area (Å²) in [5.41, 5.74) is 0.971. The normalized spacial score (nSPS) is 15.7. The molecule has 0 aliphatic heterocycles. The van der Waals surface area contributed by atoms with Crippen LogP contribution in [0.2, 0.25) is 0 Å². The van der Waals surface area contributed by atoms with E-state index in [1.807, 2.05) is 19.2 Å². The molecule has 0 radical (unpaired) electrons. The summed E-state index contributed by atoms with van der Waals surface area (Å²) in [6, 6.07) is 0. The summed E-state index contributed by atoms with van der Waals surface area (Å²) in [6.45, 7) is 3.77. The topological polar surface area (TPSA) is 53.4 Å². The van der Waals surface area contributed by atoms with E-state index in [0.717, 1.165) is 10.7 Å². The molecule has 0 bridgehead atoms. The Morgan fingerprint density at radius 1 is 1.46 bits per heavy atom. The van der Waals surface area contributed by atoms with E-state index in [4.69, 9.17) is 0 Å². The maximum Gasteiger partial charge on any atom is 0.0954 e. The van der Waals surface area contributed by atoms with Gasteiger partial charge >= 0.3 is 0 Å². The summed E-state index contributed by atoms with van der Waals surface area (Å²) in [7, 11) is 0. The highest BCUT2D eigenvalue weighted by molar-refractivity contribution is 7.09. The fraction of sp³-hybridized carbons (Fsp3) is 0.667. The van der Waals surface area contributed by atoms with Crippen molar-refractivity contribution in [2.75, 3.05) is 0 Å². The second-order valence-electron chi connectivity index (χ2n) is 3.13. The third kappa shape index (κ3) is 3.06. The number of thiazole rings is 1. The van der Waals surface area contributed by atoms with Crippen molar-refractivity contribution in [2.24, 2.45) is 0 Å². The van der Waals surface area contributed by atoms with Crippen molar-refractivity contribution in [3.63, 3.8) is 0 Å². The molecule has 4 heteroatoms. The number of aryl methyl sites for hydroxylation is 1. The average molecular weight is 201 g/mol. The Balaban J connectivity index is 2.49. The second kappa shape index (κ2) is 4.69. The van der Waals surface area contributed by atoms with Crippen molar-refractivity contribution in [2.45, 2.75) is 38.9 Å². The van der Waals surface area contributed by atoms with Crippen molar-refractivity contribution in [1.29, 1.82) is 0 Å². The zero-order valence-corrected chi connectivity index (χ0v) is 8.71. The molecule has 1 aromatic rings. The Bertz CT molecular complexity index is 262. The van der Waals surface area contributed by atoms with Crippen LogP contribution in [-0.2, 0) is 6.42 Å². The Kier molecular flexibility index (Phi) is 3.84. The van der Waals surface area contributed by atoms with Gasteiger partial charge in [0, 0.05) is 17.5 Å². The molecule has 2 unspecified atom stereocenters. The molecule has 1 rings (SSSR count). The fourth-order valence-electron chi connectivity index (χ4n) is 1.08. The Hall–Kier alpha value is -0.450. The lowest BCUT2D eigenvalue weighted by Gasteiger charge is -2.14. The predicted octanol–water partition coefficient (Wildman–Crippen LogP) is 1.13. The highest BCUT2D eigenvalue weighted by Gasteiger charge is 2.15. The highest BCUT2D eigenvalue weighted by atomic mass is 32.1. The smallest absolute Gasteiger partial charge is 0.0954 e. The molecule has 1 heterocycles. The first kappa shape index (κ1) is 10.6. The Morgan fingerprint density at radius 3 is 2.62 bits per heavy atom. The van der Waals surface area contributed by atoms with Crippen LogP contribution in [0.5, 0.6) is 0 Å². The lowest BCUT2D eigenvalue weighted by atomic mass is 10.1. The van der Waals surface area contributed by atoms with Crippen LogP contribution < -0.4 is 0 Å². The maximum atomic E-state index is 9.50. The molecule has 2 atom stereocenters. The molecule has 0 aromatic carbocycles. The maximum absolute atomic E-state index is 9.50. The van der Waals surface area contributed by atoms with E-state index in [2.05, 4.69) is 4.98 Å². The molecule has 1 aromatic heterocycles. The first-order valence-electron chi connectivity index (χ1n) is 4.40. The van der Waals surface area contributed by atoms with Gasteiger partial charge in [-0.2, -0.15) is 0 Å². The van der Waals surface area contributed by atoms with Crippen LogP contribution in [0.25, 0.3) is 0 Å². The number of hydrogen-bond donors (Lipinski definition) is 2. The van der Waals surface area contributed by atoms with E-state index in [9.17, 15) is 10.2 Å². The number of hydrogen-bond acceptors (Lipinski definition) is 4. The minimum Gasteiger partial charge on any atom is -0.390 e. The monoisotopic (exact) mass is 201 g/mol. The molecule has 0 saturated heterocycles. The number of nitrogens with zero attached hydrogens (tertiary/aromatic N) is 1. The number of rotatable bonds is 4. The molecule has 0 saturated carbocycles. The number of aliphatic hydroxyl groups excluding tert-OH is 2. The van der Waals surface area contributed by atoms with Gasteiger partial charge in [-0.05, 0) is 13.3 Å². The van der Waals surface area contributed by atoms with Crippen LogP contribution in [-0.4, -0.2) is 27.4 Å². The van der Waals surface area contributed by atoms with E-state index in [0.29, 0.717) is 12.8 Å². The standard InChI is InChI=1S/C9H15NO2S/c1-3-7(11)8(12)4-9-10-6(2)5-13-9/h5,7-8,11-12H,3-4H2,1-2H3. The molecule has 3 nitrogen and oxygen atoms in total. The van der Waals surface area contributed by atoms with Gasteiger partial charge in [0.05, 0.1) is 17.2 Å². The third-order valence-electron chi connectivity index (χ3n) is 1.91. The highest BCUT2D eigenvalue weighted by Crippen LogP contribution is 2.13. The Morgan fingerprint density at radius 2 is 2.15 bits per heavy atom. The molecule has 0 spiro atoms. The van der Waals surface area contributed by atoms with Gasteiger partial charge in [0.15, 0.2) is 0 Å². The molecular formula is C9H15NO2S. The molecule has 0 aliphatic rings. The van der Waals surface area contributed by atoms with Crippen molar-refractivity contribution in [3.8, 4) is 0 Å². The number of aromatic nitrogens is 1. The molecule has 13 heavy (non-hydrogen) atoms. The van der Waals surface area contributed by atoms with E-state index < -0.39 is 12.2 Å². The van der Waals surface area contributed by atoms with E-state index in [1.54, 1.807) is 0 Å². The van der Waals surface area contributed by atoms with Crippen molar-refractivity contribution in [3.05, 3.63) is 16.1 Å². The van der Waals surface area contributed by atoms with Gasteiger partial charge in [-0.25, -0.2) is 4.98 Å². The zero-order chi connectivity index (χ0) is 9.84. The van der Waals surface area contributed by atoms with E-state index in [-0.39, 0.29) is 0 Å². The van der Waals surface area contributed by atoms with Gasteiger partial charge in [-0.15, -0.1) is 11.3 Å². The molecule has 0 amide bonds. The average Bonchev–Trinajstić information content (AvgIpc) is 2.49. The van der Waals surface area contributed by atoms with Crippen LogP contribution in [0.4, 0.5) is 0 Å². The summed E-state index contributed by atoms with van der Waals surface area (Å²) in [5, 5.41) is 21.6. The van der Waals surface area contributed by atoms with Gasteiger partial charge in [0.2, 0.25) is 0 Å². The Labute approximate surface area is 82.1 Å². The minimum atomic E-state index is -0.685. The summed E-state index contributed by atoms with van der Waals surface area (Å²) >= 11 is 1.52. The van der Waals surface area contributed by atoms with Gasteiger partial charge in [-0.3, -0.25) is 0 Å². The van der Waals surface area contributed by atoms with Crippen LogP contribution in [0, 0.1) is 6.92 Å². The van der Waals surface area contributed by atoms with Crippen molar-refractivity contribution >= 4 is 11.3 Å². The second-order valence-corrected chi connectivity index (χ2v) is 4.07. The van der Waals surface area contributed by atoms with Gasteiger partial charge < -0.3 is 10.2 Å². The molecule has 74 valence electrons. The lowest BCUT2D eigenvalue weighted by molar-refractivity contribution is 0.0181. The predicted molar refractivity (Wildman–Crippen MR) is 52.9 cm³/mol. The molecule has 2 N–H and O–H groups in total. The largest absolute Gasteiger partial charge is 0.390 e. The first-order chi connectivity index (χ1) is 6.13. The summed E-state index contributed by atoms with van der Waals surface area (Å²) < 4.78 is 0. The quantitative estimate of drug-likeness (QED) is 0.767. The number of aliphatic hydroxyl groups is 2. The lowest BCUT2D eigenvalue weighted by Crippen LogP contribution is -2.27. The van der Waals surface area contributed by atoms with Crippen LogP contribution >= 0.6 is 11.3 Å². The van der Waals surface area contributed by atoms with E-state index in [1.165, 1.54) is 11.3 Å². The van der Waals surface area contributed by atoms with Crippen molar-refractivity contribution < 1.29 is 10.2 Å². The SMILES string of the molecule is CCC(O)C(O)Cc1nc(C)cs1. The molecule has 0 aliphatic carbocycles. The van der Waals surface area contributed by atoms with Gasteiger partial charge in [-0.1, -0.05) is 6.92 Å². The summed E-state index contributed by atoms with van der Waals surface area (Å²) in [5.74, 6) is 0. The van der Waals surface area contributed by atoms with Gasteiger partial charge in [0.25, 0.3) is 0 Å². The van der Waals surface area contributed by atoms with Crippen LogP contribution in [0.1, 0.15) is 24.0 Å². The van der Waals surface area contributed by atoms with Crippen LogP contribution in [0.3, 0.4) is 0 Å². The van der Waals surface area contributed by atoms with E-state index >= 15 is 0 Å². The summed E-state index contributed by atoms with van der Waals surface area (Å²) in [6.07, 6.45) is -0.293. The molecule has 0 fully saturated rings.